The van der Waals surface area contributed by atoms with Crippen molar-refractivity contribution in [3.05, 3.63) is 24.3 Å². The number of ether oxygens (including phenoxy) is 1. The minimum atomic E-state index is -0.541. The van der Waals surface area contributed by atoms with Crippen molar-refractivity contribution in [2.45, 2.75) is 57.7 Å². The minimum absolute atomic E-state index is 0.0528. The summed E-state index contributed by atoms with van der Waals surface area (Å²) in [5, 5.41) is 10.2. The summed E-state index contributed by atoms with van der Waals surface area (Å²) in [7, 11) is 0. The third-order valence-corrected chi connectivity index (χ3v) is 4.18. The molecule has 3 nitrogen and oxygen atoms in total. The fraction of sp³-hybridized carbons (Fsp3) is 0.688. The molecule has 106 valence electrons. The number of hydrogen-bond donors (Lipinski definition) is 1. The van der Waals surface area contributed by atoms with Crippen LogP contribution in [-0.4, -0.2) is 23.3 Å². The average Bonchev–Trinajstić information content (AvgIpc) is 2.83. The first-order chi connectivity index (χ1) is 9.16. The van der Waals surface area contributed by atoms with Gasteiger partial charge in [0.15, 0.2) is 0 Å². The summed E-state index contributed by atoms with van der Waals surface area (Å²) in [6.07, 6.45) is 13.2. The molecule has 4 atom stereocenters. The number of fused-ring (bicyclic) bond motifs is 1. The standard InChI is InChI=1S/C16H24O3/c1-12-6-3-2-4-7-13-8-5-9-14(13)15(17)10-11-16(18)19-12/h4,7,10-15,17H,2-3,5-6,8-9H2,1H3/t12-,13+,14+,15+/m1/s1. The number of allylic oxidation sites excluding steroid dienone is 2. The zero-order chi connectivity index (χ0) is 13.7. The van der Waals surface area contributed by atoms with Crippen LogP contribution in [-0.2, 0) is 9.53 Å². The maximum absolute atomic E-state index is 11.6. The van der Waals surface area contributed by atoms with E-state index in [1.807, 2.05) is 6.92 Å². The molecule has 0 spiro atoms. The highest BCUT2D eigenvalue weighted by atomic mass is 16.5. The molecule has 0 aromatic heterocycles. The van der Waals surface area contributed by atoms with Crippen molar-refractivity contribution in [2.24, 2.45) is 11.8 Å². The van der Waals surface area contributed by atoms with E-state index in [9.17, 15) is 9.90 Å². The molecule has 0 amide bonds. The van der Waals surface area contributed by atoms with Crippen LogP contribution in [0.5, 0.6) is 0 Å². The Labute approximate surface area is 115 Å². The molecule has 2 aliphatic rings. The van der Waals surface area contributed by atoms with Gasteiger partial charge in [-0.05, 0) is 56.9 Å². The highest BCUT2D eigenvalue weighted by molar-refractivity contribution is 5.82. The van der Waals surface area contributed by atoms with Gasteiger partial charge in [-0.25, -0.2) is 4.79 Å². The van der Waals surface area contributed by atoms with Crippen molar-refractivity contribution in [3.8, 4) is 0 Å². The molecule has 0 aromatic carbocycles. The predicted molar refractivity (Wildman–Crippen MR) is 74.5 cm³/mol. The van der Waals surface area contributed by atoms with Gasteiger partial charge >= 0.3 is 5.97 Å². The van der Waals surface area contributed by atoms with Crippen molar-refractivity contribution >= 4 is 5.97 Å². The minimum Gasteiger partial charge on any atom is -0.460 e. The number of cyclic esters (lactones) is 1. The van der Waals surface area contributed by atoms with Gasteiger partial charge in [-0.3, -0.25) is 0 Å². The van der Waals surface area contributed by atoms with E-state index in [0.29, 0.717) is 5.92 Å². The number of carbonyl (C=O) groups excluding carboxylic acids is 1. The van der Waals surface area contributed by atoms with E-state index < -0.39 is 6.10 Å². The first kappa shape index (κ1) is 14.3. The van der Waals surface area contributed by atoms with E-state index in [1.165, 1.54) is 6.08 Å². The molecule has 0 bridgehead atoms. The molecule has 1 saturated carbocycles. The zero-order valence-electron chi connectivity index (χ0n) is 11.6. The van der Waals surface area contributed by atoms with Crippen LogP contribution in [0, 0.1) is 11.8 Å². The second kappa shape index (κ2) is 6.90. The van der Waals surface area contributed by atoms with Gasteiger partial charge in [0.2, 0.25) is 0 Å². The Bertz CT molecular complexity index is 359. The molecule has 1 heterocycles. The van der Waals surface area contributed by atoms with Crippen LogP contribution in [0.3, 0.4) is 0 Å². The van der Waals surface area contributed by atoms with E-state index in [0.717, 1.165) is 38.5 Å². The Morgan fingerprint density at radius 1 is 1.21 bits per heavy atom. The van der Waals surface area contributed by atoms with Crippen LogP contribution >= 0.6 is 0 Å². The molecule has 0 saturated heterocycles. The van der Waals surface area contributed by atoms with Crippen molar-refractivity contribution in [3.63, 3.8) is 0 Å². The molecule has 1 aliphatic carbocycles. The van der Waals surface area contributed by atoms with Crippen LogP contribution in [0.25, 0.3) is 0 Å². The molecule has 0 radical (unpaired) electrons. The summed E-state index contributed by atoms with van der Waals surface area (Å²) in [5.41, 5.74) is 0. The third kappa shape index (κ3) is 4.20. The van der Waals surface area contributed by atoms with E-state index >= 15 is 0 Å². The lowest BCUT2D eigenvalue weighted by atomic mass is 9.90. The van der Waals surface area contributed by atoms with E-state index in [-0.39, 0.29) is 18.0 Å². The molecule has 19 heavy (non-hydrogen) atoms. The number of rotatable bonds is 0. The second-order valence-electron chi connectivity index (χ2n) is 5.71. The van der Waals surface area contributed by atoms with Gasteiger partial charge < -0.3 is 9.84 Å². The SMILES string of the molecule is C[C@@H]1CCCC=C[C@H]2CCC[C@@H]2[C@@H](O)C=CC(=O)O1. The molecular formula is C16H24O3. The Morgan fingerprint density at radius 3 is 2.89 bits per heavy atom. The quantitative estimate of drug-likeness (QED) is 0.540. The lowest BCUT2D eigenvalue weighted by Crippen LogP contribution is -2.21. The summed E-state index contributed by atoms with van der Waals surface area (Å²) >= 11 is 0. The molecule has 0 aromatic rings. The van der Waals surface area contributed by atoms with Crippen LogP contribution in [0.4, 0.5) is 0 Å². The van der Waals surface area contributed by atoms with Crippen LogP contribution in [0.2, 0.25) is 0 Å². The largest absolute Gasteiger partial charge is 0.460 e. The van der Waals surface area contributed by atoms with Crippen molar-refractivity contribution in [1.29, 1.82) is 0 Å². The van der Waals surface area contributed by atoms with Crippen molar-refractivity contribution in [2.75, 3.05) is 0 Å². The summed E-state index contributed by atoms with van der Waals surface area (Å²) in [5.74, 6) is 0.362. The number of carbonyl (C=O) groups is 1. The molecule has 2 rings (SSSR count). The number of aliphatic hydroxyl groups excluding tert-OH is 1. The van der Waals surface area contributed by atoms with Gasteiger partial charge in [0.1, 0.15) is 0 Å². The van der Waals surface area contributed by atoms with Crippen molar-refractivity contribution in [1.82, 2.24) is 0 Å². The molecule has 0 unspecified atom stereocenters. The van der Waals surface area contributed by atoms with Gasteiger partial charge in [-0.2, -0.15) is 0 Å². The second-order valence-corrected chi connectivity index (χ2v) is 5.71. The summed E-state index contributed by atoms with van der Waals surface area (Å²) in [4.78, 5) is 11.6. The highest BCUT2D eigenvalue weighted by Crippen LogP contribution is 2.35. The Hall–Kier alpha value is -1.09. The highest BCUT2D eigenvalue weighted by Gasteiger charge is 2.30. The first-order valence-electron chi connectivity index (χ1n) is 7.40. The van der Waals surface area contributed by atoms with Crippen molar-refractivity contribution < 1.29 is 14.6 Å². The topological polar surface area (TPSA) is 46.5 Å². The molecule has 3 heteroatoms. The van der Waals surface area contributed by atoms with Gasteiger partial charge in [0.05, 0.1) is 12.2 Å². The van der Waals surface area contributed by atoms with Crippen LogP contribution < -0.4 is 0 Å². The van der Waals surface area contributed by atoms with Gasteiger partial charge in [-0.1, -0.05) is 18.6 Å². The van der Waals surface area contributed by atoms with Gasteiger partial charge in [-0.15, -0.1) is 0 Å². The number of esters is 1. The fourth-order valence-corrected chi connectivity index (χ4v) is 3.09. The monoisotopic (exact) mass is 264 g/mol. The zero-order valence-corrected chi connectivity index (χ0v) is 11.6. The summed E-state index contributed by atoms with van der Waals surface area (Å²) < 4.78 is 5.26. The van der Waals surface area contributed by atoms with Crippen LogP contribution in [0.15, 0.2) is 24.3 Å². The maximum atomic E-state index is 11.6. The van der Waals surface area contributed by atoms with E-state index in [2.05, 4.69) is 12.2 Å². The normalized spacial score (nSPS) is 36.8. The average molecular weight is 264 g/mol. The van der Waals surface area contributed by atoms with E-state index in [1.54, 1.807) is 6.08 Å². The lowest BCUT2D eigenvalue weighted by molar-refractivity contribution is -0.142. The summed E-state index contributed by atoms with van der Waals surface area (Å²) in [6.45, 7) is 1.92. The Kier molecular flexibility index (Phi) is 5.20. The van der Waals surface area contributed by atoms with Crippen LogP contribution in [0.1, 0.15) is 45.4 Å². The third-order valence-electron chi connectivity index (χ3n) is 4.18. The number of aliphatic hydroxyl groups is 1. The molecule has 1 aliphatic heterocycles. The Balaban J connectivity index is 2.08. The lowest BCUT2D eigenvalue weighted by Gasteiger charge is -2.20. The maximum Gasteiger partial charge on any atom is 0.330 e. The van der Waals surface area contributed by atoms with E-state index in [4.69, 9.17) is 4.74 Å². The number of hydrogen-bond acceptors (Lipinski definition) is 3. The van der Waals surface area contributed by atoms with Gasteiger partial charge in [0.25, 0.3) is 0 Å². The Morgan fingerprint density at radius 2 is 2.05 bits per heavy atom. The first-order valence-corrected chi connectivity index (χ1v) is 7.40. The van der Waals surface area contributed by atoms with Gasteiger partial charge in [0, 0.05) is 6.08 Å². The molecule has 1 fully saturated rings. The fourth-order valence-electron chi connectivity index (χ4n) is 3.09. The molecular weight excluding hydrogens is 240 g/mol. The summed E-state index contributed by atoms with van der Waals surface area (Å²) in [6, 6.07) is 0. The smallest absolute Gasteiger partial charge is 0.330 e. The molecule has 1 N–H and O–H groups in total. The predicted octanol–water partition coefficient (Wildman–Crippen LogP) is 2.99.